The number of aromatic nitrogens is 1. The van der Waals surface area contributed by atoms with Crippen molar-refractivity contribution < 1.29 is 28.9 Å². The normalized spacial score (nSPS) is 15.7. The lowest BCUT2D eigenvalue weighted by Crippen LogP contribution is -2.50. The van der Waals surface area contributed by atoms with Crippen molar-refractivity contribution in [3.05, 3.63) is 98.5 Å². The third-order valence-corrected chi connectivity index (χ3v) is 6.61. The van der Waals surface area contributed by atoms with Gasteiger partial charge in [-0.15, -0.1) is 0 Å². The number of aliphatic hydroxyl groups is 1. The first-order chi connectivity index (χ1) is 17.1. The standard InChI is InChI=1S/C26H23Cl2FN2O5/c1-16-10-17(24(33)34)11-22(29)23(16)26(36-14-25(35)8-9-25,18-2-4-19(27)5-3-18)31(15-32)13-21-7-6-20(28)12-30-21/h2-7,10-12,15,35H,8-9,13-14H2,1H3,(H,33,34). The Hall–Kier alpha value is -3.04. The van der Waals surface area contributed by atoms with Gasteiger partial charge in [0.05, 0.1) is 35.0 Å². The van der Waals surface area contributed by atoms with Gasteiger partial charge in [-0.05, 0) is 61.7 Å². The quantitative estimate of drug-likeness (QED) is 0.283. The highest BCUT2D eigenvalue weighted by Gasteiger charge is 2.49. The molecule has 2 aromatic carbocycles. The van der Waals surface area contributed by atoms with Gasteiger partial charge in [-0.25, -0.2) is 9.18 Å². The van der Waals surface area contributed by atoms with Crippen LogP contribution in [-0.2, 0) is 21.8 Å². The first-order valence-corrected chi connectivity index (χ1v) is 11.8. The number of hydrogen-bond acceptors (Lipinski definition) is 5. The van der Waals surface area contributed by atoms with E-state index in [1.54, 1.807) is 36.4 Å². The van der Waals surface area contributed by atoms with Gasteiger partial charge in [0.1, 0.15) is 5.82 Å². The fraction of sp³-hybridized carbons (Fsp3) is 0.269. The maximum absolute atomic E-state index is 15.8. The van der Waals surface area contributed by atoms with Crippen LogP contribution in [0.25, 0.3) is 0 Å². The molecule has 2 N–H and O–H groups in total. The molecule has 0 radical (unpaired) electrons. The smallest absolute Gasteiger partial charge is 0.335 e. The summed E-state index contributed by atoms with van der Waals surface area (Å²) in [6.07, 6.45) is 2.91. The van der Waals surface area contributed by atoms with E-state index in [9.17, 15) is 19.8 Å². The van der Waals surface area contributed by atoms with Gasteiger partial charge in [-0.3, -0.25) is 9.78 Å². The van der Waals surface area contributed by atoms with Gasteiger partial charge in [0, 0.05) is 22.3 Å². The largest absolute Gasteiger partial charge is 0.478 e. The third kappa shape index (κ3) is 5.22. The van der Waals surface area contributed by atoms with Crippen LogP contribution in [0, 0.1) is 12.7 Å². The van der Waals surface area contributed by atoms with E-state index < -0.39 is 23.1 Å². The van der Waals surface area contributed by atoms with Gasteiger partial charge in [0.25, 0.3) is 0 Å². The molecule has 1 heterocycles. The van der Waals surface area contributed by atoms with Crippen molar-refractivity contribution in [3.8, 4) is 0 Å². The van der Waals surface area contributed by atoms with E-state index in [1.165, 1.54) is 24.1 Å². The van der Waals surface area contributed by atoms with E-state index in [0.29, 0.717) is 40.6 Å². The predicted octanol–water partition coefficient (Wildman–Crippen LogP) is 4.94. The predicted molar refractivity (Wildman–Crippen MR) is 131 cm³/mol. The SMILES string of the molecule is Cc1cc(C(=O)O)cc(F)c1C(OCC1(O)CC1)(c1ccc(Cl)cc1)N(C=O)Cc1ccc(Cl)cn1. The minimum atomic E-state index is -1.89. The second kappa shape index (κ2) is 10.1. The van der Waals surface area contributed by atoms with E-state index in [2.05, 4.69) is 4.98 Å². The van der Waals surface area contributed by atoms with E-state index in [0.717, 1.165) is 6.07 Å². The van der Waals surface area contributed by atoms with Gasteiger partial charge in [-0.1, -0.05) is 35.3 Å². The molecule has 1 unspecified atom stereocenters. The molecule has 0 spiro atoms. The second-order valence-corrected chi connectivity index (χ2v) is 9.69. The summed E-state index contributed by atoms with van der Waals surface area (Å²) in [5.74, 6) is -2.19. The summed E-state index contributed by atoms with van der Waals surface area (Å²) in [6.45, 7) is 1.23. The number of aromatic carboxylic acids is 1. The number of aryl methyl sites for hydroxylation is 1. The fourth-order valence-electron chi connectivity index (χ4n) is 4.09. The van der Waals surface area contributed by atoms with E-state index in [1.807, 2.05) is 0 Å². The molecule has 36 heavy (non-hydrogen) atoms. The highest BCUT2D eigenvalue weighted by Crippen LogP contribution is 2.44. The van der Waals surface area contributed by atoms with Crippen LogP contribution in [0.2, 0.25) is 10.0 Å². The molecule has 10 heteroatoms. The van der Waals surface area contributed by atoms with Crippen LogP contribution in [0.1, 0.15) is 45.6 Å². The number of ether oxygens (including phenoxy) is 1. The summed E-state index contributed by atoms with van der Waals surface area (Å²) in [5, 5.41) is 20.9. The van der Waals surface area contributed by atoms with Gasteiger partial charge in [-0.2, -0.15) is 0 Å². The van der Waals surface area contributed by atoms with Crippen molar-refractivity contribution in [1.29, 1.82) is 0 Å². The molecule has 1 aliphatic carbocycles. The Balaban J connectivity index is 1.97. The van der Waals surface area contributed by atoms with Crippen LogP contribution in [0.3, 0.4) is 0 Å². The zero-order valence-corrected chi connectivity index (χ0v) is 20.8. The van der Waals surface area contributed by atoms with Crippen LogP contribution < -0.4 is 0 Å². The number of carbonyl (C=O) groups is 2. The molecule has 1 saturated carbocycles. The second-order valence-electron chi connectivity index (χ2n) is 8.82. The molecular weight excluding hydrogens is 510 g/mol. The van der Waals surface area contributed by atoms with Gasteiger partial charge >= 0.3 is 5.97 Å². The Bertz CT molecular complexity index is 1260. The lowest BCUT2D eigenvalue weighted by atomic mass is 9.87. The molecule has 0 aliphatic heterocycles. The molecule has 0 saturated heterocycles. The number of carboxylic acids is 1. The van der Waals surface area contributed by atoms with Gasteiger partial charge in [0.2, 0.25) is 6.41 Å². The van der Waals surface area contributed by atoms with Crippen molar-refractivity contribution in [2.45, 2.75) is 37.6 Å². The van der Waals surface area contributed by atoms with E-state index in [4.69, 9.17) is 27.9 Å². The van der Waals surface area contributed by atoms with Crippen molar-refractivity contribution in [3.63, 3.8) is 0 Å². The lowest BCUT2D eigenvalue weighted by Gasteiger charge is -2.43. The molecule has 1 atom stereocenters. The van der Waals surface area contributed by atoms with Crippen molar-refractivity contribution in [2.75, 3.05) is 6.61 Å². The highest BCUT2D eigenvalue weighted by atomic mass is 35.5. The zero-order chi connectivity index (χ0) is 26.1. The molecule has 3 aromatic rings. The van der Waals surface area contributed by atoms with Crippen LogP contribution in [0.5, 0.6) is 0 Å². The number of nitrogens with zero attached hydrogens (tertiary/aromatic N) is 2. The summed E-state index contributed by atoms with van der Waals surface area (Å²) in [4.78, 5) is 29.7. The van der Waals surface area contributed by atoms with Crippen molar-refractivity contribution >= 4 is 35.6 Å². The first-order valence-electron chi connectivity index (χ1n) is 11.1. The van der Waals surface area contributed by atoms with Crippen molar-refractivity contribution in [2.24, 2.45) is 0 Å². The summed E-state index contributed by atoms with van der Waals surface area (Å²) < 4.78 is 22.2. The Labute approximate surface area is 217 Å². The van der Waals surface area contributed by atoms with Gasteiger partial charge < -0.3 is 19.8 Å². The molecular formula is C26H23Cl2FN2O5. The van der Waals surface area contributed by atoms with Crippen LogP contribution in [-0.4, -0.2) is 44.7 Å². The van der Waals surface area contributed by atoms with Crippen LogP contribution in [0.15, 0.2) is 54.7 Å². The fourth-order valence-corrected chi connectivity index (χ4v) is 4.33. The first kappa shape index (κ1) is 26.0. The van der Waals surface area contributed by atoms with Crippen LogP contribution in [0.4, 0.5) is 4.39 Å². The minimum Gasteiger partial charge on any atom is -0.478 e. The summed E-state index contributed by atoms with van der Waals surface area (Å²) >= 11 is 12.1. The Morgan fingerprint density at radius 2 is 1.86 bits per heavy atom. The van der Waals surface area contributed by atoms with Gasteiger partial charge in [0.15, 0.2) is 5.72 Å². The Morgan fingerprint density at radius 3 is 2.39 bits per heavy atom. The third-order valence-electron chi connectivity index (χ3n) is 6.14. The summed E-state index contributed by atoms with van der Waals surface area (Å²) in [7, 11) is 0. The summed E-state index contributed by atoms with van der Waals surface area (Å²) in [5.41, 5.74) is -2.30. The number of carboxylic acid groups (broad SMARTS) is 1. The molecule has 4 rings (SSSR count). The number of carbonyl (C=O) groups excluding carboxylic acids is 1. The number of halogens is 3. The zero-order valence-electron chi connectivity index (χ0n) is 19.2. The molecule has 188 valence electrons. The minimum absolute atomic E-state index is 0.0693. The van der Waals surface area contributed by atoms with Crippen molar-refractivity contribution in [1.82, 2.24) is 9.88 Å². The molecule has 1 aliphatic rings. The molecule has 7 nitrogen and oxygen atoms in total. The molecule has 1 aromatic heterocycles. The lowest BCUT2D eigenvalue weighted by molar-refractivity contribution is -0.170. The average molecular weight is 533 g/mol. The molecule has 1 amide bonds. The maximum atomic E-state index is 15.8. The number of pyridine rings is 1. The number of amides is 1. The topological polar surface area (TPSA) is 100.0 Å². The summed E-state index contributed by atoms with van der Waals surface area (Å²) in [6, 6.07) is 11.8. The monoisotopic (exact) mass is 532 g/mol. The Kier molecular flexibility index (Phi) is 7.33. The van der Waals surface area contributed by atoms with E-state index in [-0.39, 0.29) is 29.8 Å². The number of benzene rings is 2. The maximum Gasteiger partial charge on any atom is 0.335 e. The molecule has 1 fully saturated rings. The highest BCUT2D eigenvalue weighted by molar-refractivity contribution is 6.30. The van der Waals surface area contributed by atoms with Crippen LogP contribution >= 0.6 is 23.2 Å². The van der Waals surface area contributed by atoms with E-state index >= 15 is 4.39 Å². The average Bonchev–Trinajstić information content (AvgIpc) is 3.58. The number of rotatable bonds is 10. The Morgan fingerprint density at radius 1 is 1.19 bits per heavy atom. The molecule has 0 bridgehead atoms. The number of hydrogen-bond donors (Lipinski definition) is 2.